The van der Waals surface area contributed by atoms with Gasteiger partial charge in [0.2, 0.25) is 0 Å². The number of imidazole rings is 1. The monoisotopic (exact) mass is 349 g/mol. The van der Waals surface area contributed by atoms with Crippen molar-refractivity contribution in [2.45, 2.75) is 39.3 Å². The molecule has 0 saturated heterocycles. The second kappa shape index (κ2) is 7.38. The van der Waals surface area contributed by atoms with Gasteiger partial charge in [0, 0.05) is 43.3 Å². The van der Waals surface area contributed by atoms with Crippen molar-refractivity contribution in [1.29, 1.82) is 0 Å². The quantitative estimate of drug-likeness (QED) is 0.704. The largest absolute Gasteiger partial charge is 0.326 e. The van der Waals surface area contributed by atoms with Crippen LogP contribution in [-0.4, -0.2) is 38.5 Å². The fourth-order valence-corrected chi connectivity index (χ4v) is 2.84. The zero-order valence-corrected chi connectivity index (χ0v) is 16.3. The van der Waals surface area contributed by atoms with Gasteiger partial charge in [0.15, 0.2) is 0 Å². The molecule has 0 bridgehead atoms. The molecule has 5 heteroatoms. The summed E-state index contributed by atoms with van der Waals surface area (Å²) in [4.78, 5) is 15.7. The van der Waals surface area contributed by atoms with Gasteiger partial charge in [0.25, 0.3) is 0 Å². The van der Waals surface area contributed by atoms with Gasteiger partial charge >= 0.3 is 0 Å². The van der Waals surface area contributed by atoms with Gasteiger partial charge in [-0.2, -0.15) is 0 Å². The highest BCUT2D eigenvalue weighted by molar-refractivity contribution is 5.53. The third-order valence-electron chi connectivity index (χ3n) is 4.17. The van der Waals surface area contributed by atoms with E-state index in [4.69, 9.17) is 0 Å². The number of hydrogen-bond acceptors (Lipinski definition) is 4. The molecule has 0 radical (unpaired) electrons. The lowest BCUT2D eigenvalue weighted by Gasteiger charge is -2.16. The molecule has 0 aliphatic rings. The number of hydrogen-bond donors (Lipinski definition) is 0. The van der Waals surface area contributed by atoms with Crippen LogP contribution in [0.15, 0.2) is 49.1 Å². The highest BCUT2D eigenvalue weighted by Gasteiger charge is 2.17. The first kappa shape index (κ1) is 18.3. The van der Waals surface area contributed by atoms with Crippen LogP contribution >= 0.6 is 0 Å². The van der Waals surface area contributed by atoms with Crippen molar-refractivity contribution in [2.75, 3.05) is 14.1 Å². The minimum atomic E-state index is -0.0533. The van der Waals surface area contributed by atoms with Crippen LogP contribution < -0.4 is 0 Å². The molecular formula is C21H27N5. The number of benzene rings is 1. The van der Waals surface area contributed by atoms with Crippen molar-refractivity contribution < 1.29 is 0 Å². The Labute approximate surface area is 155 Å². The third kappa shape index (κ3) is 4.35. The SMILES string of the molecule is CN(C)Cc1ccc(Cn2ccnc2-c2cnc(C(C)(C)C)nc2)cc1. The summed E-state index contributed by atoms with van der Waals surface area (Å²) in [5.74, 6) is 1.73. The molecular weight excluding hydrogens is 322 g/mol. The van der Waals surface area contributed by atoms with Crippen LogP contribution in [0.3, 0.4) is 0 Å². The maximum absolute atomic E-state index is 4.52. The Hall–Kier alpha value is -2.53. The summed E-state index contributed by atoms with van der Waals surface area (Å²) in [7, 11) is 4.16. The Morgan fingerprint density at radius 3 is 2.12 bits per heavy atom. The first-order chi connectivity index (χ1) is 12.3. The molecule has 0 aliphatic carbocycles. The molecule has 136 valence electrons. The Balaban J connectivity index is 1.78. The Morgan fingerprint density at radius 1 is 0.923 bits per heavy atom. The highest BCUT2D eigenvalue weighted by Crippen LogP contribution is 2.21. The second-order valence-corrected chi connectivity index (χ2v) is 7.98. The molecule has 0 aliphatic heterocycles. The van der Waals surface area contributed by atoms with Gasteiger partial charge in [0.1, 0.15) is 11.6 Å². The van der Waals surface area contributed by atoms with E-state index in [1.54, 1.807) is 0 Å². The summed E-state index contributed by atoms with van der Waals surface area (Å²) in [6.07, 6.45) is 7.56. The zero-order chi connectivity index (χ0) is 18.7. The van der Waals surface area contributed by atoms with Gasteiger partial charge in [-0.1, -0.05) is 45.0 Å². The number of rotatable bonds is 5. The van der Waals surface area contributed by atoms with Gasteiger partial charge in [-0.25, -0.2) is 15.0 Å². The van der Waals surface area contributed by atoms with E-state index in [9.17, 15) is 0 Å². The minimum Gasteiger partial charge on any atom is -0.326 e. The van der Waals surface area contributed by atoms with Gasteiger partial charge in [-0.05, 0) is 25.2 Å². The van der Waals surface area contributed by atoms with Crippen LogP contribution in [0.2, 0.25) is 0 Å². The van der Waals surface area contributed by atoms with Crippen LogP contribution in [0, 0.1) is 0 Å². The average molecular weight is 349 g/mol. The van der Waals surface area contributed by atoms with Crippen molar-refractivity contribution in [3.05, 3.63) is 66.0 Å². The van der Waals surface area contributed by atoms with Gasteiger partial charge in [-0.15, -0.1) is 0 Å². The summed E-state index contributed by atoms with van der Waals surface area (Å²) >= 11 is 0. The Morgan fingerprint density at radius 2 is 1.54 bits per heavy atom. The summed E-state index contributed by atoms with van der Waals surface area (Å²) in [6.45, 7) is 8.07. The van der Waals surface area contributed by atoms with Crippen molar-refractivity contribution >= 4 is 0 Å². The van der Waals surface area contributed by atoms with E-state index in [1.807, 2.05) is 24.8 Å². The predicted octanol–water partition coefficient (Wildman–Crippen LogP) is 3.75. The molecule has 3 rings (SSSR count). The van der Waals surface area contributed by atoms with E-state index >= 15 is 0 Å². The van der Waals surface area contributed by atoms with Crippen LogP contribution in [0.5, 0.6) is 0 Å². The van der Waals surface area contributed by atoms with Gasteiger partial charge in [0.05, 0.1) is 5.56 Å². The molecule has 26 heavy (non-hydrogen) atoms. The van der Waals surface area contributed by atoms with Crippen molar-refractivity contribution in [3.8, 4) is 11.4 Å². The molecule has 0 amide bonds. The molecule has 0 saturated carbocycles. The Bertz CT molecular complexity index is 839. The van der Waals surface area contributed by atoms with Crippen molar-refractivity contribution in [2.24, 2.45) is 0 Å². The standard InChI is InChI=1S/C21H27N5/c1-21(2,3)20-23-12-18(13-24-20)19-22-10-11-26(19)15-17-8-6-16(7-9-17)14-25(4)5/h6-13H,14-15H2,1-5H3. The molecule has 0 unspecified atom stereocenters. The summed E-state index contributed by atoms with van der Waals surface area (Å²) in [5.41, 5.74) is 3.45. The fourth-order valence-electron chi connectivity index (χ4n) is 2.84. The van der Waals surface area contributed by atoms with E-state index in [1.165, 1.54) is 11.1 Å². The van der Waals surface area contributed by atoms with E-state index in [-0.39, 0.29) is 5.41 Å². The zero-order valence-electron chi connectivity index (χ0n) is 16.3. The van der Waals surface area contributed by atoms with Crippen molar-refractivity contribution in [3.63, 3.8) is 0 Å². The smallest absolute Gasteiger partial charge is 0.143 e. The first-order valence-electron chi connectivity index (χ1n) is 8.89. The molecule has 1 aromatic carbocycles. The minimum absolute atomic E-state index is 0.0533. The molecule has 2 aromatic heterocycles. The second-order valence-electron chi connectivity index (χ2n) is 7.98. The lowest BCUT2D eigenvalue weighted by atomic mass is 9.96. The van der Waals surface area contributed by atoms with Crippen LogP contribution in [0.4, 0.5) is 0 Å². The van der Waals surface area contributed by atoms with E-state index < -0.39 is 0 Å². The van der Waals surface area contributed by atoms with E-state index in [0.717, 1.165) is 30.3 Å². The topological polar surface area (TPSA) is 46.8 Å². The predicted molar refractivity (Wildman–Crippen MR) is 105 cm³/mol. The van der Waals surface area contributed by atoms with E-state index in [2.05, 4.69) is 83.6 Å². The summed E-state index contributed by atoms with van der Waals surface area (Å²) in [6, 6.07) is 8.74. The number of aromatic nitrogens is 4. The van der Waals surface area contributed by atoms with Gasteiger partial charge < -0.3 is 9.47 Å². The van der Waals surface area contributed by atoms with Crippen LogP contribution in [-0.2, 0) is 18.5 Å². The normalized spacial score (nSPS) is 11.9. The Kier molecular flexibility index (Phi) is 5.18. The lowest BCUT2D eigenvalue weighted by Crippen LogP contribution is -2.15. The maximum Gasteiger partial charge on any atom is 0.143 e. The van der Waals surface area contributed by atoms with Gasteiger partial charge in [-0.3, -0.25) is 0 Å². The summed E-state index contributed by atoms with van der Waals surface area (Å²) < 4.78 is 2.14. The average Bonchev–Trinajstić information content (AvgIpc) is 3.03. The molecule has 0 spiro atoms. The van der Waals surface area contributed by atoms with Crippen molar-refractivity contribution in [1.82, 2.24) is 24.4 Å². The molecule has 0 N–H and O–H groups in total. The fraction of sp³-hybridized carbons (Fsp3) is 0.381. The number of nitrogens with zero attached hydrogens (tertiary/aromatic N) is 5. The third-order valence-corrected chi connectivity index (χ3v) is 4.17. The molecule has 2 heterocycles. The molecule has 3 aromatic rings. The summed E-state index contributed by atoms with van der Waals surface area (Å²) in [5, 5.41) is 0. The highest BCUT2D eigenvalue weighted by atomic mass is 15.1. The lowest BCUT2D eigenvalue weighted by molar-refractivity contribution is 0.402. The van der Waals surface area contributed by atoms with Crippen LogP contribution in [0.25, 0.3) is 11.4 Å². The molecule has 0 fully saturated rings. The maximum atomic E-state index is 4.52. The first-order valence-corrected chi connectivity index (χ1v) is 8.89. The molecule has 0 atom stereocenters. The van der Waals surface area contributed by atoms with Crippen LogP contribution in [0.1, 0.15) is 37.7 Å². The van der Waals surface area contributed by atoms with E-state index in [0.29, 0.717) is 0 Å². The molecule has 5 nitrogen and oxygen atoms in total.